The van der Waals surface area contributed by atoms with Gasteiger partial charge in [-0.05, 0) is 64.2 Å². The van der Waals surface area contributed by atoms with Crippen LogP contribution in [0.1, 0.15) is 32.1 Å². The summed E-state index contributed by atoms with van der Waals surface area (Å²) in [7, 11) is 0. The minimum absolute atomic E-state index is 0.925. The molecule has 0 amide bonds. The zero-order valence-electron chi connectivity index (χ0n) is 11.0. The molecule has 0 bridgehead atoms. The van der Waals surface area contributed by atoms with Crippen molar-refractivity contribution < 1.29 is 0 Å². The lowest BCUT2D eigenvalue weighted by atomic mass is 10.1. The lowest BCUT2D eigenvalue weighted by Crippen LogP contribution is -2.33. The maximum Gasteiger partial charge on any atom is 0.0107 e. The van der Waals surface area contributed by atoms with Crippen molar-refractivity contribution in [2.75, 3.05) is 45.8 Å². The molecule has 3 aliphatic rings. The summed E-state index contributed by atoms with van der Waals surface area (Å²) in [6, 6.07) is 0.976. The van der Waals surface area contributed by atoms with Crippen molar-refractivity contribution in [1.82, 2.24) is 15.1 Å². The zero-order chi connectivity index (χ0) is 11.5. The van der Waals surface area contributed by atoms with Crippen LogP contribution < -0.4 is 5.32 Å². The van der Waals surface area contributed by atoms with Gasteiger partial charge in [0.05, 0.1) is 0 Å². The minimum Gasteiger partial charge on any atom is -0.315 e. The second kappa shape index (κ2) is 5.68. The van der Waals surface area contributed by atoms with Gasteiger partial charge in [-0.25, -0.2) is 0 Å². The van der Waals surface area contributed by atoms with Crippen molar-refractivity contribution in [2.45, 2.75) is 38.1 Å². The third kappa shape index (κ3) is 3.43. The van der Waals surface area contributed by atoms with Crippen molar-refractivity contribution in [2.24, 2.45) is 5.92 Å². The average molecular weight is 237 g/mol. The van der Waals surface area contributed by atoms with Crippen molar-refractivity contribution in [3.05, 3.63) is 0 Å². The van der Waals surface area contributed by atoms with Gasteiger partial charge in [0.2, 0.25) is 0 Å². The standard InChI is InChI=1S/C14H27N3/c1-2-8-16(7-1)10-6-15-11-13-5-9-17(12-13)14-3-4-14/h13-15H,1-12H2. The van der Waals surface area contributed by atoms with Crippen LogP contribution in [0.15, 0.2) is 0 Å². The molecule has 3 rings (SSSR count). The highest BCUT2D eigenvalue weighted by Crippen LogP contribution is 2.31. The Morgan fingerprint density at radius 1 is 1.00 bits per heavy atom. The normalized spacial score (nSPS) is 31.4. The second-order valence-electron chi connectivity index (χ2n) is 6.13. The van der Waals surface area contributed by atoms with Gasteiger partial charge >= 0.3 is 0 Å². The molecule has 3 nitrogen and oxygen atoms in total. The number of rotatable bonds is 6. The van der Waals surface area contributed by atoms with Gasteiger partial charge in [-0.3, -0.25) is 0 Å². The molecule has 1 N–H and O–H groups in total. The van der Waals surface area contributed by atoms with Gasteiger partial charge in [0.15, 0.2) is 0 Å². The number of nitrogens with one attached hydrogen (secondary N) is 1. The zero-order valence-corrected chi connectivity index (χ0v) is 11.0. The summed E-state index contributed by atoms with van der Waals surface area (Å²) in [6.07, 6.45) is 7.19. The van der Waals surface area contributed by atoms with Crippen LogP contribution in [-0.2, 0) is 0 Å². The summed E-state index contributed by atoms with van der Waals surface area (Å²) in [5, 5.41) is 3.67. The smallest absolute Gasteiger partial charge is 0.0107 e. The predicted molar refractivity (Wildman–Crippen MR) is 71.2 cm³/mol. The van der Waals surface area contributed by atoms with Gasteiger partial charge in [0, 0.05) is 25.7 Å². The molecule has 0 radical (unpaired) electrons. The Bertz CT molecular complexity index is 234. The third-order valence-corrected chi connectivity index (χ3v) is 4.62. The quantitative estimate of drug-likeness (QED) is 0.699. The molecule has 3 fully saturated rings. The van der Waals surface area contributed by atoms with Gasteiger partial charge in [-0.1, -0.05) is 0 Å². The summed E-state index contributed by atoms with van der Waals surface area (Å²) in [6.45, 7) is 9.10. The summed E-state index contributed by atoms with van der Waals surface area (Å²) in [5.74, 6) is 0.925. The Kier molecular flexibility index (Phi) is 3.99. The molecule has 1 aliphatic carbocycles. The largest absolute Gasteiger partial charge is 0.315 e. The second-order valence-corrected chi connectivity index (χ2v) is 6.13. The van der Waals surface area contributed by atoms with Crippen molar-refractivity contribution in [3.8, 4) is 0 Å². The number of hydrogen-bond donors (Lipinski definition) is 1. The Morgan fingerprint density at radius 3 is 2.59 bits per heavy atom. The SMILES string of the molecule is C1CCN(CCNCC2CCN(C3CC3)C2)C1. The van der Waals surface area contributed by atoms with E-state index < -0.39 is 0 Å². The Balaban J connectivity index is 1.24. The van der Waals surface area contributed by atoms with Crippen LogP contribution in [0.5, 0.6) is 0 Å². The van der Waals surface area contributed by atoms with E-state index in [2.05, 4.69) is 15.1 Å². The van der Waals surface area contributed by atoms with Crippen LogP contribution in [0, 0.1) is 5.92 Å². The first-order valence-corrected chi connectivity index (χ1v) is 7.59. The maximum atomic E-state index is 3.67. The highest BCUT2D eigenvalue weighted by molar-refractivity contribution is 4.89. The fourth-order valence-corrected chi connectivity index (χ4v) is 3.35. The molecule has 17 heavy (non-hydrogen) atoms. The molecule has 98 valence electrons. The fraction of sp³-hybridized carbons (Fsp3) is 1.00. The molecule has 1 unspecified atom stereocenters. The van der Waals surface area contributed by atoms with Crippen LogP contribution in [-0.4, -0.2) is 61.7 Å². The number of hydrogen-bond acceptors (Lipinski definition) is 3. The summed E-state index contributed by atoms with van der Waals surface area (Å²) < 4.78 is 0. The van der Waals surface area contributed by atoms with Crippen LogP contribution in [0.25, 0.3) is 0 Å². The first kappa shape index (κ1) is 11.9. The molecule has 0 aromatic rings. The fourth-order valence-electron chi connectivity index (χ4n) is 3.35. The molecule has 2 aliphatic heterocycles. The van der Waals surface area contributed by atoms with Gasteiger partial charge < -0.3 is 15.1 Å². The van der Waals surface area contributed by atoms with Gasteiger partial charge in [-0.15, -0.1) is 0 Å². The molecule has 0 aromatic carbocycles. The first-order chi connectivity index (χ1) is 8.42. The van der Waals surface area contributed by atoms with E-state index in [0.717, 1.165) is 12.0 Å². The van der Waals surface area contributed by atoms with E-state index in [1.165, 1.54) is 77.9 Å². The molecule has 1 saturated carbocycles. The average Bonchev–Trinajstić information content (AvgIpc) is 2.89. The summed E-state index contributed by atoms with van der Waals surface area (Å²) in [4.78, 5) is 5.31. The lowest BCUT2D eigenvalue weighted by molar-refractivity contribution is 0.306. The highest BCUT2D eigenvalue weighted by atomic mass is 15.2. The van der Waals surface area contributed by atoms with Crippen LogP contribution in [0.2, 0.25) is 0 Å². The van der Waals surface area contributed by atoms with E-state index in [0.29, 0.717) is 0 Å². The van der Waals surface area contributed by atoms with Crippen molar-refractivity contribution >= 4 is 0 Å². The molecular weight excluding hydrogens is 210 g/mol. The number of likely N-dealkylation sites (tertiary alicyclic amines) is 2. The summed E-state index contributed by atoms with van der Waals surface area (Å²) in [5.41, 5.74) is 0. The van der Waals surface area contributed by atoms with Crippen molar-refractivity contribution in [1.29, 1.82) is 0 Å². The topological polar surface area (TPSA) is 18.5 Å². The molecule has 2 saturated heterocycles. The molecule has 0 aromatic heterocycles. The third-order valence-electron chi connectivity index (χ3n) is 4.62. The van der Waals surface area contributed by atoms with Gasteiger partial charge in [0.1, 0.15) is 0 Å². The lowest BCUT2D eigenvalue weighted by Gasteiger charge is -2.17. The molecule has 1 atom stereocenters. The Hall–Kier alpha value is -0.120. The molecule has 0 spiro atoms. The monoisotopic (exact) mass is 237 g/mol. The van der Waals surface area contributed by atoms with Crippen LogP contribution in [0.4, 0.5) is 0 Å². The summed E-state index contributed by atoms with van der Waals surface area (Å²) >= 11 is 0. The van der Waals surface area contributed by atoms with Gasteiger partial charge in [0.25, 0.3) is 0 Å². The number of nitrogens with zero attached hydrogens (tertiary/aromatic N) is 2. The minimum atomic E-state index is 0.925. The molecular formula is C14H27N3. The van der Waals surface area contributed by atoms with E-state index in [1.807, 2.05) is 0 Å². The maximum absolute atomic E-state index is 3.67. The van der Waals surface area contributed by atoms with Crippen molar-refractivity contribution in [3.63, 3.8) is 0 Å². The van der Waals surface area contributed by atoms with E-state index in [4.69, 9.17) is 0 Å². The first-order valence-electron chi connectivity index (χ1n) is 7.59. The van der Waals surface area contributed by atoms with Crippen LogP contribution >= 0.6 is 0 Å². The Morgan fingerprint density at radius 2 is 1.82 bits per heavy atom. The van der Waals surface area contributed by atoms with E-state index in [9.17, 15) is 0 Å². The van der Waals surface area contributed by atoms with E-state index in [-0.39, 0.29) is 0 Å². The van der Waals surface area contributed by atoms with E-state index >= 15 is 0 Å². The Labute approximate surface area is 106 Å². The molecule has 2 heterocycles. The van der Waals surface area contributed by atoms with E-state index in [1.54, 1.807) is 0 Å². The highest BCUT2D eigenvalue weighted by Gasteiger charge is 2.33. The molecule has 3 heteroatoms. The predicted octanol–water partition coefficient (Wildman–Crippen LogP) is 1.16. The van der Waals surface area contributed by atoms with Gasteiger partial charge in [-0.2, -0.15) is 0 Å². The van der Waals surface area contributed by atoms with Crippen LogP contribution in [0.3, 0.4) is 0 Å².